The normalized spacial score (nSPS) is 14.1. The van der Waals surface area contributed by atoms with Crippen LogP contribution < -0.4 is 0 Å². The lowest BCUT2D eigenvalue weighted by atomic mass is 10.5. The Morgan fingerprint density at radius 2 is 2.29 bits per heavy atom. The zero-order valence-electron chi connectivity index (χ0n) is 4.81. The maximum Gasteiger partial charge on any atom is 0.0590 e. The molecule has 0 N–H and O–H groups in total. The van der Waals surface area contributed by atoms with Crippen LogP contribution >= 0.6 is 12.6 Å². The van der Waals surface area contributed by atoms with Crippen LogP contribution in [0.1, 0.15) is 13.8 Å². The van der Waals surface area contributed by atoms with Gasteiger partial charge in [0.1, 0.15) is 0 Å². The van der Waals surface area contributed by atoms with Gasteiger partial charge in [0.2, 0.25) is 0 Å². The second-order valence-electron chi connectivity index (χ2n) is 1.47. The molecule has 0 aromatic carbocycles. The van der Waals surface area contributed by atoms with Gasteiger partial charge in [-0.25, -0.2) is 0 Å². The standard InChI is InChI=1S/C5H11OS/c1-3-6-4-5(2)7/h5H,3-4H2,1-2H3. The summed E-state index contributed by atoms with van der Waals surface area (Å²) in [6, 6.07) is 0. The first kappa shape index (κ1) is 7.31. The van der Waals surface area contributed by atoms with Gasteiger partial charge in [0, 0.05) is 11.9 Å². The summed E-state index contributed by atoms with van der Waals surface area (Å²) in [6.45, 7) is 5.43. The molecule has 0 amide bonds. The molecule has 0 saturated heterocycles. The van der Waals surface area contributed by atoms with Crippen LogP contribution in [0.25, 0.3) is 0 Å². The fourth-order valence-electron chi connectivity index (χ4n) is 0.284. The number of hydrogen-bond donors (Lipinski definition) is 0. The van der Waals surface area contributed by atoms with Crippen molar-refractivity contribution in [1.29, 1.82) is 0 Å². The predicted octanol–water partition coefficient (Wildman–Crippen LogP) is 1.61. The van der Waals surface area contributed by atoms with Gasteiger partial charge < -0.3 is 4.74 Å². The largest absolute Gasteiger partial charge is 0.381 e. The summed E-state index contributed by atoms with van der Waals surface area (Å²) in [7, 11) is 0. The Morgan fingerprint density at radius 3 is 2.43 bits per heavy atom. The Morgan fingerprint density at radius 1 is 1.71 bits per heavy atom. The van der Waals surface area contributed by atoms with Crippen LogP contribution in [0.2, 0.25) is 0 Å². The van der Waals surface area contributed by atoms with Crippen LogP contribution in [0.4, 0.5) is 0 Å². The van der Waals surface area contributed by atoms with E-state index in [0.717, 1.165) is 6.61 Å². The van der Waals surface area contributed by atoms with Gasteiger partial charge in [-0.3, -0.25) is 0 Å². The van der Waals surface area contributed by atoms with Gasteiger partial charge in [-0.15, -0.1) is 0 Å². The first-order valence-electron chi connectivity index (χ1n) is 2.51. The topological polar surface area (TPSA) is 9.23 Å². The first-order chi connectivity index (χ1) is 3.27. The highest BCUT2D eigenvalue weighted by Gasteiger charge is 1.90. The van der Waals surface area contributed by atoms with E-state index in [9.17, 15) is 0 Å². The van der Waals surface area contributed by atoms with E-state index in [1.807, 2.05) is 13.8 Å². The van der Waals surface area contributed by atoms with E-state index in [1.54, 1.807) is 0 Å². The van der Waals surface area contributed by atoms with Gasteiger partial charge in [0.25, 0.3) is 0 Å². The molecule has 7 heavy (non-hydrogen) atoms. The summed E-state index contributed by atoms with van der Waals surface area (Å²) >= 11 is 4.82. The second-order valence-corrected chi connectivity index (χ2v) is 2.27. The summed E-state index contributed by atoms with van der Waals surface area (Å²) in [5, 5.41) is 0.264. The van der Waals surface area contributed by atoms with Crippen LogP contribution in [0.5, 0.6) is 0 Å². The fourth-order valence-corrected chi connectivity index (χ4v) is 0.380. The quantitative estimate of drug-likeness (QED) is 0.548. The maximum absolute atomic E-state index is 4.99. The minimum absolute atomic E-state index is 0.264. The van der Waals surface area contributed by atoms with Gasteiger partial charge in [0.05, 0.1) is 6.61 Å². The molecule has 1 radical (unpaired) electrons. The van der Waals surface area contributed by atoms with Crippen molar-refractivity contribution in [3.8, 4) is 0 Å². The highest BCUT2D eigenvalue weighted by Crippen LogP contribution is 1.91. The second kappa shape index (κ2) is 4.47. The Kier molecular flexibility index (Phi) is 4.67. The van der Waals surface area contributed by atoms with Gasteiger partial charge in [-0.05, 0) is 6.92 Å². The molecule has 0 heterocycles. The summed E-state index contributed by atoms with van der Waals surface area (Å²) in [4.78, 5) is 0. The van der Waals surface area contributed by atoms with Gasteiger partial charge in [-0.2, -0.15) is 0 Å². The van der Waals surface area contributed by atoms with Crippen molar-refractivity contribution in [3.63, 3.8) is 0 Å². The SMILES string of the molecule is CCOCC(C)[S]. The number of hydrogen-bond acceptors (Lipinski definition) is 1. The van der Waals surface area contributed by atoms with Crippen molar-refractivity contribution in [2.24, 2.45) is 0 Å². The summed E-state index contributed by atoms with van der Waals surface area (Å²) in [5.41, 5.74) is 0. The third-order valence-corrected chi connectivity index (χ3v) is 0.693. The lowest BCUT2D eigenvalue weighted by Gasteiger charge is -1.99. The van der Waals surface area contributed by atoms with Crippen molar-refractivity contribution in [3.05, 3.63) is 0 Å². The Bertz CT molecular complexity index is 37.1. The molecule has 1 nitrogen and oxygen atoms in total. The molecule has 0 aliphatic heterocycles. The zero-order valence-corrected chi connectivity index (χ0v) is 5.62. The zero-order chi connectivity index (χ0) is 5.70. The Hall–Kier alpha value is 0.310. The average molecular weight is 119 g/mol. The van der Waals surface area contributed by atoms with Crippen LogP contribution in [0.15, 0.2) is 0 Å². The molecule has 0 aliphatic rings. The summed E-state index contributed by atoms with van der Waals surface area (Å²) in [5.74, 6) is 0. The average Bonchev–Trinajstić information content (AvgIpc) is 1.61. The van der Waals surface area contributed by atoms with E-state index in [0.29, 0.717) is 6.61 Å². The minimum atomic E-state index is 0.264. The van der Waals surface area contributed by atoms with Gasteiger partial charge >= 0.3 is 0 Å². The first-order valence-corrected chi connectivity index (χ1v) is 2.98. The molecule has 0 aromatic rings. The molecule has 0 spiro atoms. The Balaban J connectivity index is 2.68. The van der Waals surface area contributed by atoms with E-state index in [-0.39, 0.29) is 5.25 Å². The maximum atomic E-state index is 4.99. The molecule has 0 saturated carbocycles. The summed E-state index contributed by atoms with van der Waals surface area (Å²) < 4.78 is 4.99. The molecule has 0 aliphatic carbocycles. The lowest BCUT2D eigenvalue weighted by molar-refractivity contribution is 0.152. The Labute approximate surface area is 50.5 Å². The van der Waals surface area contributed by atoms with Crippen LogP contribution in [0.3, 0.4) is 0 Å². The monoisotopic (exact) mass is 119 g/mol. The van der Waals surface area contributed by atoms with Gasteiger partial charge in [0.15, 0.2) is 0 Å². The molecule has 0 aromatic heterocycles. The molecular formula is C5H11OS. The van der Waals surface area contributed by atoms with Gasteiger partial charge in [-0.1, -0.05) is 19.6 Å². The number of rotatable bonds is 3. The molecule has 0 bridgehead atoms. The highest BCUT2D eigenvalue weighted by molar-refractivity contribution is 7.80. The molecular weight excluding hydrogens is 108 g/mol. The van der Waals surface area contributed by atoms with Crippen molar-refractivity contribution < 1.29 is 4.74 Å². The third kappa shape index (κ3) is 6.31. The van der Waals surface area contributed by atoms with E-state index in [1.165, 1.54) is 0 Å². The smallest absolute Gasteiger partial charge is 0.0590 e. The van der Waals surface area contributed by atoms with Crippen molar-refractivity contribution in [2.75, 3.05) is 13.2 Å². The van der Waals surface area contributed by atoms with Crippen LogP contribution in [-0.4, -0.2) is 18.5 Å². The van der Waals surface area contributed by atoms with Crippen LogP contribution in [-0.2, 0) is 4.74 Å². The van der Waals surface area contributed by atoms with E-state index in [4.69, 9.17) is 17.4 Å². The molecule has 2 heteroatoms. The molecule has 0 rings (SSSR count). The van der Waals surface area contributed by atoms with E-state index >= 15 is 0 Å². The molecule has 1 unspecified atom stereocenters. The highest BCUT2D eigenvalue weighted by atomic mass is 32.1. The fraction of sp³-hybridized carbons (Fsp3) is 1.00. The molecule has 43 valence electrons. The van der Waals surface area contributed by atoms with Crippen molar-refractivity contribution >= 4 is 12.6 Å². The third-order valence-electron chi connectivity index (χ3n) is 0.557. The minimum Gasteiger partial charge on any atom is -0.381 e. The lowest BCUT2D eigenvalue weighted by Crippen LogP contribution is -2.03. The van der Waals surface area contributed by atoms with Crippen molar-refractivity contribution in [2.45, 2.75) is 19.1 Å². The molecule has 1 atom stereocenters. The van der Waals surface area contributed by atoms with E-state index < -0.39 is 0 Å². The molecule has 0 fully saturated rings. The van der Waals surface area contributed by atoms with Crippen LogP contribution in [0, 0.1) is 0 Å². The van der Waals surface area contributed by atoms with Crippen molar-refractivity contribution in [1.82, 2.24) is 0 Å². The number of ether oxygens (including phenoxy) is 1. The summed E-state index contributed by atoms with van der Waals surface area (Å²) in [6.07, 6.45) is 0. The predicted molar refractivity (Wildman–Crippen MR) is 33.5 cm³/mol. The van der Waals surface area contributed by atoms with E-state index in [2.05, 4.69) is 0 Å².